The van der Waals surface area contributed by atoms with Gasteiger partial charge in [0.1, 0.15) is 12.1 Å². The molecule has 106 valence electrons. The monoisotopic (exact) mass is 294 g/mol. The molecule has 1 heterocycles. The van der Waals surface area contributed by atoms with Crippen LogP contribution < -0.4 is 10.1 Å². The van der Waals surface area contributed by atoms with Gasteiger partial charge in [-0.25, -0.2) is 0 Å². The predicted molar refractivity (Wildman–Crippen MR) is 74.4 cm³/mol. The first kappa shape index (κ1) is 14.3. The summed E-state index contributed by atoms with van der Waals surface area (Å²) in [5.74, 6) is 1.05. The second kappa shape index (κ2) is 6.38. The van der Waals surface area contributed by atoms with E-state index in [0.29, 0.717) is 23.1 Å². The Bertz CT molecular complexity index is 582. The van der Waals surface area contributed by atoms with E-state index >= 15 is 0 Å². The first-order chi connectivity index (χ1) is 9.56. The van der Waals surface area contributed by atoms with E-state index in [-0.39, 0.29) is 5.91 Å². The normalized spacial score (nSPS) is 11.9. The Morgan fingerprint density at radius 2 is 2.15 bits per heavy atom. The zero-order chi connectivity index (χ0) is 14.5. The zero-order valence-electron chi connectivity index (χ0n) is 11.2. The molecule has 1 amide bonds. The predicted octanol–water partition coefficient (Wildman–Crippen LogP) is 1.55. The molecule has 2 rings (SSSR count). The van der Waals surface area contributed by atoms with Crippen LogP contribution in [0.25, 0.3) is 0 Å². The highest BCUT2D eigenvalue weighted by Crippen LogP contribution is 2.16. The molecule has 0 aliphatic carbocycles. The lowest BCUT2D eigenvalue weighted by molar-refractivity contribution is -0.127. The van der Waals surface area contributed by atoms with Gasteiger partial charge in [0.15, 0.2) is 11.9 Å². The van der Waals surface area contributed by atoms with E-state index in [1.54, 1.807) is 42.1 Å². The summed E-state index contributed by atoms with van der Waals surface area (Å²) < 4.78 is 7.26. The average molecular weight is 295 g/mol. The summed E-state index contributed by atoms with van der Waals surface area (Å²) in [5.41, 5.74) is 0. The van der Waals surface area contributed by atoms with Crippen molar-refractivity contribution >= 4 is 17.5 Å². The molecule has 0 aliphatic rings. The number of hydrogen-bond donors (Lipinski definition) is 1. The van der Waals surface area contributed by atoms with E-state index in [1.807, 2.05) is 7.05 Å². The number of aryl methyl sites for hydroxylation is 1. The van der Waals surface area contributed by atoms with Gasteiger partial charge in [-0.2, -0.15) is 0 Å². The quantitative estimate of drug-likeness (QED) is 0.908. The molecule has 0 bridgehead atoms. The molecule has 1 N–H and O–H groups in total. The van der Waals surface area contributed by atoms with Gasteiger partial charge >= 0.3 is 0 Å². The van der Waals surface area contributed by atoms with E-state index in [2.05, 4.69) is 15.5 Å². The van der Waals surface area contributed by atoms with Gasteiger partial charge in [-0.05, 0) is 31.2 Å². The number of nitrogens with one attached hydrogen (secondary N) is 1. The Morgan fingerprint density at radius 1 is 1.45 bits per heavy atom. The summed E-state index contributed by atoms with van der Waals surface area (Å²) in [6, 6.07) is 6.85. The largest absolute Gasteiger partial charge is 0.481 e. The Kier molecular flexibility index (Phi) is 4.57. The van der Waals surface area contributed by atoms with E-state index < -0.39 is 6.10 Å². The van der Waals surface area contributed by atoms with E-state index in [1.165, 1.54) is 0 Å². The number of hydrogen-bond acceptors (Lipinski definition) is 4. The molecular formula is C13H15ClN4O2. The van der Waals surface area contributed by atoms with E-state index in [0.717, 1.165) is 0 Å². The van der Waals surface area contributed by atoms with Gasteiger partial charge in [0.05, 0.1) is 6.54 Å². The van der Waals surface area contributed by atoms with Crippen LogP contribution in [0.1, 0.15) is 12.7 Å². The van der Waals surface area contributed by atoms with Gasteiger partial charge in [0.2, 0.25) is 0 Å². The van der Waals surface area contributed by atoms with Crippen LogP contribution in [-0.2, 0) is 18.4 Å². The van der Waals surface area contributed by atoms with Gasteiger partial charge in [-0.1, -0.05) is 11.6 Å². The van der Waals surface area contributed by atoms with Gasteiger partial charge in [0.25, 0.3) is 5.91 Å². The standard InChI is InChI=1S/C13H15ClN4O2/c1-9(20-11-5-3-10(14)4-6-11)13(19)15-7-12-17-16-8-18(12)2/h3-6,8-9H,7H2,1-2H3,(H,15,19). The summed E-state index contributed by atoms with van der Waals surface area (Å²) in [7, 11) is 1.81. The first-order valence-corrected chi connectivity index (χ1v) is 6.47. The Balaban J connectivity index is 1.86. The molecule has 0 spiro atoms. The zero-order valence-corrected chi connectivity index (χ0v) is 12.0. The highest BCUT2D eigenvalue weighted by atomic mass is 35.5. The summed E-state index contributed by atoms with van der Waals surface area (Å²) >= 11 is 5.78. The second-order valence-corrected chi connectivity index (χ2v) is 4.73. The molecular weight excluding hydrogens is 280 g/mol. The van der Waals surface area contributed by atoms with Crippen molar-refractivity contribution in [1.29, 1.82) is 0 Å². The van der Waals surface area contributed by atoms with E-state index in [4.69, 9.17) is 16.3 Å². The molecule has 0 saturated heterocycles. The first-order valence-electron chi connectivity index (χ1n) is 6.09. The summed E-state index contributed by atoms with van der Waals surface area (Å²) in [6.45, 7) is 1.99. The minimum absolute atomic E-state index is 0.219. The number of carbonyl (C=O) groups is 1. The molecule has 2 aromatic rings. The fourth-order valence-electron chi connectivity index (χ4n) is 1.55. The fraction of sp³-hybridized carbons (Fsp3) is 0.308. The van der Waals surface area contributed by atoms with Crippen molar-refractivity contribution in [2.75, 3.05) is 0 Å². The number of ether oxygens (including phenoxy) is 1. The fourth-order valence-corrected chi connectivity index (χ4v) is 1.67. The number of carbonyl (C=O) groups excluding carboxylic acids is 1. The van der Waals surface area contributed by atoms with Crippen LogP contribution in [0.4, 0.5) is 0 Å². The summed E-state index contributed by atoms with van der Waals surface area (Å²) in [5, 5.41) is 11.0. The van der Waals surface area contributed by atoms with Crippen molar-refractivity contribution in [3.63, 3.8) is 0 Å². The Labute approximate surface area is 121 Å². The number of benzene rings is 1. The molecule has 0 fully saturated rings. The van der Waals surface area contributed by atoms with Crippen molar-refractivity contribution in [3.8, 4) is 5.75 Å². The third-order valence-electron chi connectivity index (χ3n) is 2.72. The number of halogens is 1. The van der Waals surface area contributed by atoms with E-state index in [9.17, 15) is 4.79 Å². The smallest absolute Gasteiger partial charge is 0.261 e. The number of nitrogens with zero attached hydrogens (tertiary/aromatic N) is 3. The highest BCUT2D eigenvalue weighted by Gasteiger charge is 2.15. The van der Waals surface area contributed by atoms with Crippen LogP contribution in [0.3, 0.4) is 0 Å². The summed E-state index contributed by atoms with van der Waals surface area (Å²) in [4.78, 5) is 11.9. The lowest BCUT2D eigenvalue weighted by Gasteiger charge is -2.14. The van der Waals surface area contributed by atoms with Crippen molar-refractivity contribution in [2.45, 2.75) is 19.6 Å². The van der Waals surface area contributed by atoms with Crippen LogP contribution in [-0.4, -0.2) is 26.8 Å². The van der Waals surface area contributed by atoms with Crippen LogP contribution >= 0.6 is 11.6 Å². The van der Waals surface area contributed by atoms with Crippen molar-refractivity contribution in [1.82, 2.24) is 20.1 Å². The van der Waals surface area contributed by atoms with Crippen molar-refractivity contribution in [2.24, 2.45) is 7.05 Å². The van der Waals surface area contributed by atoms with Gasteiger partial charge in [0, 0.05) is 12.1 Å². The maximum Gasteiger partial charge on any atom is 0.261 e. The molecule has 6 nitrogen and oxygen atoms in total. The molecule has 1 unspecified atom stereocenters. The van der Waals surface area contributed by atoms with Crippen LogP contribution in [0, 0.1) is 0 Å². The molecule has 20 heavy (non-hydrogen) atoms. The topological polar surface area (TPSA) is 69.0 Å². The highest BCUT2D eigenvalue weighted by molar-refractivity contribution is 6.30. The third kappa shape index (κ3) is 3.71. The molecule has 0 aliphatic heterocycles. The number of rotatable bonds is 5. The minimum Gasteiger partial charge on any atom is -0.481 e. The number of aromatic nitrogens is 3. The molecule has 0 saturated carbocycles. The molecule has 1 aromatic heterocycles. The lowest BCUT2D eigenvalue weighted by Crippen LogP contribution is -2.36. The molecule has 7 heteroatoms. The van der Waals surface area contributed by atoms with Gasteiger partial charge < -0.3 is 14.6 Å². The Hall–Kier alpha value is -2.08. The van der Waals surface area contributed by atoms with Gasteiger partial charge in [-0.3, -0.25) is 4.79 Å². The second-order valence-electron chi connectivity index (χ2n) is 4.29. The SMILES string of the molecule is CC(Oc1ccc(Cl)cc1)C(=O)NCc1nncn1C. The lowest BCUT2D eigenvalue weighted by atomic mass is 10.3. The average Bonchev–Trinajstić information content (AvgIpc) is 2.84. The van der Waals surface area contributed by atoms with Crippen LogP contribution in [0.15, 0.2) is 30.6 Å². The minimum atomic E-state index is -0.607. The van der Waals surface area contributed by atoms with Crippen molar-refractivity contribution in [3.05, 3.63) is 41.4 Å². The third-order valence-corrected chi connectivity index (χ3v) is 2.97. The summed E-state index contributed by atoms with van der Waals surface area (Å²) in [6.07, 6.45) is 0.971. The molecule has 1 aromatic carbocycles. The van der Waals surface area contributed by atoms with Crippen LogP contribution in [0.5, 0.6) is 5.75 Å². The Morgan fingerprint density at radius 3 is 2.75 bits per heavy atom. The van der Waals surface area contributed by atoms with Gasteiger partial charge in [-0.15, -0.1) is 10.2 Å². The maximum atomic E-state index is 11.9. The molecule has 1 atom stereocenters. The van der Waals surface area contributed by atoms with Crippen molar-refractivity contribution < 1.29 is 9.53 Å². The van der Waals surface area contributed by atoms with Crippen LogP contribution in [0.2, 0.25) is 5.02 Å². The number of amides is 1. The maximum absolute atomic E-state index is 11.9. The molecule has 0 radical (unpaired) electrons.